The van der Waals surface area contributed by atoms with Crippen LogP contribution in [0.15, 0.2) is 17.0 Å². The summed E-state index contributed by atoms with van der Waals surface area (Å²) in [4.78, 5) is 0.239. The molecular formula is C14H23N3O3S2. The standard InChI is InChI=1S/C14H23N3O3S2/c1-10-8-12(22(18,19)17(3)4)9-13(11(10)2)16-14(21)15-6-7-20-5/h8-9H,6-7H2,1-5H3,(H2,15,16,21). The molecule has 0 radical (unpaired) electrons. The van der Waals surface area contributed by atoms with E-state index in [0.29, 0.717) is 24.0 Å². The molecule has 124 valence electrons. The zero-order chi connectivity index (χ0) is 16.9. The number of sulfonamides is 1. The molecule has 0 aliphatic heterocycles. The fourth-order valence-corrected chi connectivity index (χ4v) is 2.98. The van der Waals surface area contributed by atoms with Gasteiger partial charge in [0, 0.05) is 33.4 Å². The molecule has 0 saturated carbocycles. The van der Waals surface area contributed by atoms with Crippen LogP contribution in [0.25, 0.3) is 0 Å². The zero-order valence-corrected chi connectivity index (χ0v) is 15.2. The van der Waals surface area contributed by atoms with E-state index in [-0.39, 0.29) is 4.90 Å². The monoisotopic (exact) mass is 345 g/mol. The lowest BCUT2D eigenvalue weighted by atomic mass is 10.1. The van der Waals surface area contributed by atoms with Gasteiger partial charge >= 0.3 is 0 Å². The SMILES string of the molecule is COCCNC(=S)Nc1cc(S(=O)(=O)N(C)C)cc(C)c1C. The molecule has 2 N–H and O–H groups in total. The van der Waals surface area contributed by atoms with Crippen molar-refractivity contribution in [3.8, 4) is 0 Å². The minimum absolute atomic E-state index is 0.239. The predicted octanol–water partition coefficient (Wildman–Crippen LogP) is 1.49. The second-order valence-electron chi connectivity index (χ2n) is 5.07. The van der Waals surface area contributed by atoms with Crippen molar-refractivity contribution >= 4 is 33.0 Å². The molecule has 0 aliphatic rings. The number of hydrogen-bond donors (Lipinski definition) is 2. The molecule has 0 amide bonds. The summed E-state index contributed by atoms with van der Waals surface area (Å²) in [6, 6.07) is 3.26. The molecular weight excluding hydrogens is 322 g/mol. The molecule has 0 unspecified atom stereocenters. The number of nitrogens with zero attached hydrogens (tertiary/aromatic N) is 1. The molecule has 0 spiro atoms. The summed E-state index contributed by atoms with van der Waals surface area (Å²) in [5, 5.41) is 6.47. The van der Waals surface area contributed by atoms with Crippen molar-refractivity contribution in [3.05, 3.63) is 23.3 Å². The summed E-state index contributed by atoms with van der Waals surface area (Å²) >= 11 is 5.20. The number of benzene rings is 1. The van der Waals surface area contributed by atoms with Crippen molar-refractivity contribution in [1.82, 2.24) is 9.62 Å². The molecule has 0 bridgehead atoms. The minimum Gasteiger partial charge on any atom is -0.383 e. The Labute approximate surface area is 137 Å². The van der Waals surface area contributed by atoms with E-state index in [1.54, 1.807) is 19.2 Å². The Morgan fingerprint density at radius 1 is 1.32 bits per heavy atom. The van der Waals surface area contributed by atoms with Crippen molar-refractivity contribution in [1.29, 1.82) is 0 Å². The molecule has 0 saturated heterocycles. The van der Waals surface area contributed by atoms with Gasteiger partial charge in [0.2, 0.25) is 10.0 Å². The van der Waals surface area contributed by atoms with Gasteiger partial charge in [-0.25, -0.2) is 12.7 Å². The largest absolute Gasteiger partial charge is 0.383 e. The Balaban J connectivity index is 3.05. The van der Waals surface area contributed by atoms with Crippen LogP contribution in [0.4, 0.5) is 5.69 Å². The van der Waals surface area contributed by atoms with Gasteiger partial charge in [-0.2, -0.15) is 0 Å². The Kier molecular flexibility index (Phi) is 6.73. The molecule has 1 rings (SSSR count). The van der Waals surface area contributed by atoms with Crippen LogP contribution in [0.3, 0.4) is 0 Å². The lowest BCUT2D eigenvalue weighted by Crippen LogP contribution is -2.31. The fraction of sp³-hybridized carbons (Fsp3) is 0.500. The van der Waals surface area contributed by atoms with Crippen molar-refractivity contribution < 1.29 is 13.2 Å². The van der Waals surface area contributed by atoms with Gasteiger partial charge in [0.05, 0.1) is 11.5 Å². The number of rotatable bonds is 6. The van der Waals surface area contributed by atoms with E-state index < -0.39 is 10.0 Å². The van der Waals surface area contributed by atoms with E-state index in [1.165, 1.54) is 18.4 Å². The van der Waals surface area contributed by atoms with Crippen LogP contribution in [0.1, 0.15) is 11.1 Å². The van der Waals surface area contributed by atoms with E-state index in [4.69, 9.17) is 17.0 Å². The highest BCUT2D eigenvalue weighted by atomic mass is 32.2. The molecule has 1 aromatic carbocycles. The average molecular weight is 345 g/mol. The number of nitrogens with one attached hydrogen (secondary N) is 2. The molecule has 8 heteroatoms. The summed E-state index contributed by atoms with van der Waals surface area (Å²) in [7, 11) is 1.14. The normalized spacial score (nSPS) is 11.5. The fourth-order valence-electron chi connectivity index (χ4n) is 1.75. The second kappa shape index (κ2) is 7.87. The summed E-state index contributed by atoms with van der Waals surface area (Å²) in [6.45, 7) is 4.91. The first-order valence-electron chi connectivity index (χ1n) is 6.77. The number of aryl methyl sites for hydroxylation is 1. The smallest absolute Gasteiger partial charge is 0.242 e. The highest BCUT2D eigenvalue weighted by molar-refractivity contribution is 7.89. The molecule has 0 atom stereocenters. The average Bonchev–Trinajstić information content (AvgIpc) is 2.43. The van der Waals surface area contributed by atoms with Gasteiger partial charge in [0.25, 0.3) is 0 Å². The topological polar surface area (TPSA) is 70.7 Å². The quantitative estimate of drug-likeness (QED) is 0.601. The Hall–Kier alpha value is -1.22. The van der Waals surface area contributed by atoms with Crippen LogP contribution < -0.4 is 10.6 Å². The summed E-state index contributed by atoms with van der Waals surface area (Å²) in [5.74, 6) is 0. The van der Waals surface area contributed by atoms with E-state index in [1.807, 2.05) is 13.8 Å². The van der Waals surface area contributed by atoms with Crippen molar-refractivity contribution in [2.75, 3.05) is 39.7 Å². The van der Waals surface area contributed by atoms with Crippen LogP contribution in [0, 0.1) is 13.8 Å². The predicted molar refractivity (Wildman–Crippen MR) is 92.9 cm³/mol. The molecule has 0 fully saturated rings. The lowest BCUT2D eigenvalue weighted by Gasteiger charge is -2.17. The first-order valence-corrected chi connectivity index (χ1v) is 8.62. The maximum Gasteiger partial charge on any atom is 0.242 e. The maximum atomic E-state index is 12.3. The van der Waals surface area contributed by atoms with E-state index in [2.05, 4.69) is 10.6 Å². The van der Waals surface area contributed by atoms with Gasteiger partial charge in [-0.05, 0) is 49.3 Å². The minimum atomic E-state index is -3.49. The molecule has 6 nitrogen and oxygen atoms in total. The number of thiocarbonyl (C=S) groups is 1. The lowest BCUT2D eigenvalue weighted by molar-refractivity contribution is 0.204. The number of hydrogen-bond acceptors (Lipinski definition) is 4. The number of anilines is 1. The Bertz CT molecular complexity index is 643. The van der Waals surface area contributed by atoms with Crippen molar-refractivity contribution in [2.24, 2.45) is 0 Å². The van der Waals surface area contributed by atoms with Crippen LogP contribution in [0.5, 0.6) is 0 Å². The van der Waals surface area contributed by atoms with Gasteiger partial charge in [0.1, 0.15) is 0 Å². The van der Waals surface area contributed by atoms with Crippen LogP contribution >= 0.6 is 12.2 Å². The number of methoxy groups -OCH3 is 1. The highest BCUT2D eigenvalue weighted by Crippen LogP contribution is 2.25. The number of ether oxygens (including phenoxy) is 1. The van der Waals surface area contributed by atoms with Crippen LogP contribution in [0.2, 0.25) is 0 Å². The third-order valence-corrected chi connectivity index (χ3v) is 5.30. The van der Waals surface area contributed by atoms with E-state index in [0.717, 1.165) is 11.1 Å². The van der Waals surface area contributed by atoms with Gasteiger partial charge < -0.3 is 15.4 Å². The second-order valence-corrected chi connectivity index (χ2v) is 7.63. The van der Waals surface area contributed by atoms with Crippen molar-refractivity contribution in [3.63, 3.8) is 0 Å². The Morgan fingerprint density at radius 3 is 2.50 bits per heavy atom. The van der Waals surface area contributed by atoms with Crippen LogP contribution in [-0.2, 0) is 14.8 Å². The molecule has 22 heavy (non-hydrogen) atoms. The summed E-state index contributed by atoms with van der Waals surface area (Å²) in [6.07, 6.45) is 0. The molecule has 0 heterocycles. The van der Waals surface area contributed by atoms with E-state index >= 15 is 0 Å². The first kappa shape index (κ1) is 18.8. The highest BCUT2D eigenvalue weighted by Gasteiger charge is 2.19. The van der Waals surface area contributed by atoms with Crippen molar-refractivity contribution in [2.45, 2.75) is 18.7 Å². The van der Waals surface area contributed by atoms with Gasteiger partial charge in [0.15, 0.2) is 5.11 Å². The summed E-state index contributed by atoms with van der Waals surface area (Å²) < 4.78 is 30.7. The van der Waals surface area contributed by atoms with Crippen LogP contribution in [-0.4, -0.2) is 52.2 Å². The third kappa shape index (κ3) is 4.64. The van der Waals surface area contributed by atoms with Gasteiger partial charge in [-0.3, -0.25) is 0 Å². The van der Waals surface area contributed by atoms with E-state index in [9.17, 15) is 8.42 Å². The summed E-state index contributed by atoms with van der Waals surface area (Å²) in [5.41, 5.74) is 2.51. The molecule has 0 aliphatic carbocycles. The maximum absolute atomic E-state index is 12.3. The Morgan fingerprint density at radius 2 is 1.95 bits per heavy atom. The molecule has 1 aromatic rings. The first-order chi connectivity index (χ1) is 10.2. The third-order valence-electron chi connectivity index (χ3n) is 3.26. The van der Waals surface area contributed by atoms with Gasteiger partial charge in [-0.15, -0.1) is 0 Å². The molecule has 0 aromatic heterocycles. The zero-order valence-electron chi connectivity index (χ0n) is 13.6. The van der Waals surface area contributed by atoms with Gasteiger partial charge in [-0.1, -0.05) is 0 Å².